The topological polar surface area (TPSA) is 91.8 Å². The number of carboxylic acids is 1. The number of halogens is 3. The molecule has 2 aromatic carbocycles. The fourth-order valence-corrected chi connectivity index (χ4v) is 5.88. The van der Waals surface area contributed by atoms with Crippen LogP contribution in [-0.2, 0) is 20.5 Å². The number of carbonyl (C=O) groups excluding carboxylic acids is 1. The first-order chi connectivity index (χ1) is 19.2. The van der Waals surface area contributed by atoms with Gasteiger partial charge < -0.3 is 20.1 Å². The fraction of sp³-hybridized carbons (Fsp3) is 0.387. The molecule has 218 valence electrons. The van der Waals surface area contributed by atoms with Gasteiger partial charge in [0.2, 0.25) is 0 Å². The van der Waals surface area contributed by atoms with Crippen molar-refractivity contribution in [3.63, 3.8) is 0 Å². The van der Waals surface area contributed by atoms with Crippen molar-refractivity contribution < 1.29 is 32.6 Å². The highest BCUT2D eigenvalue weighted by Crippen LogP contribution is 2.50. The van der Waals surface area contributed by atoms with E-state index in [1.165, 1.54) is 18.9 Å². The minimum absolute atomic E-state index is 0.0534. The summed E-state index contributed by atoms with van der Waals surface area (Å²) in [5.41, 5.74) is -0.248. The number of rotatable bonds is 7. The number of pyridine rings is 1. The molecule has 10 heteroatoms. The third-order valence-electron chi connectivity index (χ3n) is 7.47. The summed E-state index contributed by atoms with van der Waals surface area (Å²) in [7, 11) is 1.38. The lowest BCUT2D eigenvalue weighted by molar-refractivity contribution is -0.157. The van der Waals surface area contributed by atoms with E-state index in [2.05, 4.69) is 10.3 Å². The Kier molecular flexibility index (Phi) is 8.44. The molecule has 0 aliphatic carbocycles. The SMILES string of the molecule is CO[C@@H](C(=O)N1[C@H](C(=O)O)[C@@H](C(C)(C)C)[C@H](Nc2cc(C(F)(F)F)cc(C)n2)[C@@H]1c1ccccc1)c1ccccc1. The molecule has 1 amide bonds. The molecule has 0 bridgehead atoms. The molecule has 3 aromatic rings. The van der Waals surface area contributed by atoms with Gasteiger partial charge >= 0.3 is 12.1 Å². The predicted molar refractivity (Wildman–Crippen MR) is 148 cm³/mol. The zero-order chi connectivity index (χ0) is 30.1. The Bertz CT molecular complexity index is 1380. The second-order valence-corrected chi connectivity index (χ2v) is 11.4. The maximum Gasteiger partial charge on any atom is 0.416 e. The number of anilines is 1. The van der Waals surface area contributed by atoms with Crippen LogP contribution < -0.4 is 5.32 Å². The van der Waals surface area contributed by atoms with Gasteiger partial charge in [-0.25, -0.2) is 9.78 Å². The molecule has 2 heterocycles. The van der Waals surface area contributed by atoms with E-state index in [-0.39, 0.29) is 11.5 Å². The first-order valence-corrected chi connectivity index (χ1v) is 13.2. The van der Waals surface area contributed by atoms with Crippen molar-refractivity contribution in [2.24, 2.45) is 11.3 Å². The molecule has 0 radical (unpaired) electrons. The number of ether oxygens (including phenoxy) is 1. The summed E-state index contributed by atoms with van der Waals surface area (Å²) < 4.78 is 46.7. The van der Waals surface area contributed by atoms with Crippen molar-refractivity contribution in [1.82, 2.24) is 9.88 Å². The van der Waals surface area contributed by atoms with Gasteiger partial charge in [0.15, 0.2) is 6.10 Å². The lowest BCUT2D eigenvalue weighted by Crippen LogP contribution is -2.48. The van der Waals surface area contributed by atoms with Crippen molar-refractivity contribution in [2.45, 2.75) is 58.1 Å². The zero-order valence-corrected chi connectivity index (χ0v) is 23.5. The first kappa shape index (κ1) is 30.0. The number of alkyl halides is 3. The molecule has 0 saturated carbocycles. The molecular weight excluding hydrogens is 535 g/mol. The van der Waals surface area contributed by atoms with Crippen molar-refractivity contribution in [3.05, 3.63) is 95.2 Å². The molecule has 1 fully saturated rings. The Hall–Kier alpha value is -3.92. The van der Waals surface area contributed by atoms with Crippen LogP contribution in [0.25, 0.3) is 0 Å². The van der Waals surface area contributed by atoms with Gasteiger partial charge in [-0.05, 0) is 35.6 Å². The number of aryl methyl sites for hydroxylation is 1. The van der Waals surface area contributed by atoms with E-state index in [0.29, 0.717) is 11.1 Å². The molecule has 0 unspecified atom stereocenters. The molecule has 4 rings (SSSR count). The van der Waals surface area contributed by atoms with Crippen LogP contribution in [0.2, 0.25) is 0 Å². The quantitative estimate of drug-likeness (QED) is 0.348. The number of carboxylic acid groups (broad SMARTS) is 1. The van der Waals surface area contributed by atoms with E-state index < -0.39 is 59.2 Å². The molecule has 7 nitrogen and oxygen atoms in total. The minimum atomic E-state index is -4.60. The van der Waals surface area contributed by atoms with Gasteiger partial charge in [-0.1, -0.05) is 81.4 Å². The smallest absolute Gasteiger partial charge is 0.416 e. The number of amides is 1. The third kappa shape index (κ3) is 6.22. The van der Waals surface area contributed by atoms with E-state index in [9.17, 15) is 27.9 Å². The zero-order valence-electron chi connectivity index (χ0n) is 23.5. The van der Waals surface area contributed by atoms with Gasteiger partial charge in [0, 0.05) is 18.7 Å². The van der Waals surface area contributed by atoms with E-state index >= 15 is 0 Å². The summed E-state index contributed by atoms with van der Waals surface area (Å²) in [5.74, 6) is -2.58. The number of hydrogen-bond acceptors (Lipinski definition) is 5. The Balaban J connectivity index is 1.92. The number of aliphatic carboxylic acids is 1. The van der Waals surface area contributed by atoms with E-state index in [0.717, 1.165) is 12.1 Å². The van der Waals surface area contributed by atoms with Crippen molar-refractivity contribution in [2.75, 3.05) is 12.4 Å². The van der Waals surface area contributed by atoms with Crippen LogP contribution in [0.5, 0.6) is 0 Å². The van der Waals surface area contributed by atoms with Gasteiger partial charge in [0.1, 0.15) is 11.9 Å². The van der Waals surface area contributed by atoms with Crippen molar-refractivity contribution in [3.8, 4) is 0 Å². The third-order valence-corrected chi connectivity index (χ3v) is 7.47. The van der Waals surface area contributed by atoms with Crippen LogP contribution in [0.1, 0.15) is 55.3 Å². The number of carbonyl (C=O) groups is 2. The lowest BCUT2D eigenvalue weighted by Gasteiger charge is -2.35. The lowest BCUT2D eigenvalue weighted by atomic mass is 9.72. The summed E-state index contributed by atoms with van der Waals surface area (Å²) in [5, 5.41) is 13.8. The summed E-state index contributed by atoms with van der Waals surface area (Å²) in [6.45, 7) is 7.03. The number of likely N-dealkylation sites (tertiary alicyclic amines) is 1. The van der Waals surface area contributed by atoms with Crippen LogP contribution in [0.4, 0.5) is 19.0 Å². The summed E-state index contributed by atoms with van der Waals surface area (Å²) >= 11 is 0. The van der Waals surface area contributed by atoms with Crippen LogP contribution in [-0.4, -0.2) is 46.1 Å². The van der Waals surface area contributed by atoms with Crippen LogP contribution in [0.15, 0.2) is 72.8 Å². The summed E-state index contributed by atoms with van der Waals surface area (Å²) in [4.78, 5) is 33.0. The number of aromatic nitrogens is 1. The standard InChI is InChI=1S/C31H34F3N3O4/c1-18-16-21(31(32,33)34)17-22(35-18)36-24-23(30(2,3)4)26(29(39)40)37(25(24)19-12-8-6-9-13-19)28(38)27(41-5)20-14-10-7-11-15-20/h6-17,23-27H,1-5H3,(H,35,36)(H,39,40)/t23-,24-,25-,26-,27+/m0/s1. The Morgan fingerprint density at radius 3 is 2.10 bits per heavy atom. The van der Waals surface area contributed by atoms with Gasteiger partial charge in [-0.2, -0.15) is 13.2 Å². The van der Waals surface area contributed by atoms with Crippen molar-refractivity contribution >= 4 is 17.7 Å². The number of nitrogens with zero attached hydrogens (tertiary/aromatic N) is 2. The Labute approximate surface area is 237 Å². The molecule has 41 heavy (non-hydrogen) atoms. The van der Waals surface area contributed by atoms with Gasteiger partial charge in [0.25, 0.3) is 5.91 Å². The maximum atomic E-state index is 14.3. The van der Waals surface area contributed by atoms with Crippen LogP contribution >= 0.6 is 0 Å². The number of hydrogen-bond donors (Lipinski definition) is 2. The largest absolute Gasteiger partial charge is 0.480 e. The number of nitrogens with one attached hydrogen (secondary N) is 1. The fourth-order valence-electron chi connectivity index (χ4n) is 5.88. The Morgan fingerprint density at radius 2 is 1.59 bits per heavy atom. The Morgan fingerprint density at radius 1 is 1.00 bits per heavy atom. The van der Waals surface area contributed by atoms with Crippen molar-refractivity contribution in [1.29, 1.82) is 0 Å². The molecular formula is C31H34F3N3O4. The van der Waals surface area contributed by atoms with Crippen LogP contribution in [0.3, 0.4) is 0 Å². The average Bonchev–Trinajstić information content (AvgIpc) is 3.25. The second-order valence-electron chi connectivity index (χ2n) is 11.4. The van der Waals surface area contributed by atoms with Gasteiger partial charge in [0.05, 0.1) is 17.6 Å². The average molecular weight is 570 g/mol. The molecule has 2 N–H and O–H groups in total. The molecule has 1 saturated heterocycles. The number of methoxy groups -OCH3 is 1. The van der Waals surface area contributed by atoms with Gasteiger partial charge in [-0.15, -0.1) is 0 Å². The maximum absolute atomic E-state index is 14.3. The highest BCUT2D eigenvalue weighted by molar-refractivity contribution is 5.89. The predicted octanol–water partition coefficient (Wildman–Crippen LogP) is 6.28. The van der Waals surface area contributed by atoms with E-state index in [1.807, 2.05) is 20.8 Å². The second kappa shape index (κ2) is 11.5. The van der Waals surface area contributed by atoms with E-state index in [1.54, 1.807) is 60.7 Å². The monoisotopic (exact) mass is 569 g/mol. The first-order valence-electron chi connectivity index (χ1n) is 13.2. The highest BCUT2D eigenvalue weighted by Gasteiger charge is 2.59. The number of benzene rings is 2. The molecule has 1 aromatic heterocycles. The summed E-state index contributed by atoms with van der Waals surface area (Å²) in [6.07, 6.45) is -5.70. The molecule has 1 aliphatic rings. The summed E-state index contributed by atoms with van der Waals surface area (Å²) in [6, 6.07) is 16.5. The molecule has 5 atom stereocenters. The highest BCUT2D eigenvalue weighted by atomic mass is 19.4. The molecule has 0 spiro atoms. The molecule has 1 aliphatic heterocycles. The normalized spacial score (nSPS) is 21.9. The van der Waals surface area contributed by atoms with Gasteiger partial charge in [-0.3, -0.25) is 4.79 Å². The van der Waals surface area contributed by atoms with E-state index in [4.69, 9.17) is 4.74 Å². The van der Waals surface area contributed by atoms with Crippen LogP contribution in [0, 0.1) is 18.3 Å². The minimum Gasteiger partial charge on any atom is -0.480 e.